The Hall–Kier alpha value is -1.75. The van der Waals surface area contributed by atoms with Crippen LogP contribution in [0.4, 0.5) is 0 Å². The molecule has 1 aromatic carbocycles. The maximum absolute atomic E-state index is 13.1. The molecule has 0 atom stereocenters. The first-order chi connectivity index (χ1) is 11.4. The summed E-state index contributed by atoms with van der Waals surface area (Å²) in [6.07, 6.45) is 4.48. The summed E-state index contributed by atoms with van der Waals surface area (Å²) in [6.45, 7) is 3.84. The largest absolute Gasteiger partial charge is 0.504 e. The third kappa shape index (κ3) is 4.63. The average molecular weight is 334 g/mol. The molecule has 24 heavy (non-hydrogen) atoms. The number of amides is 1. The minimum atomic E-state index is 0.0229. The molecule has 0 saturated heterocycles. The van der Waals surface area contributed by atoms with Gasteiger partial charge in [0.1, 0.15) is 0 Å². The van der Waals surface area contributed by atoms with Crippen molar-refractivity contribution in [3.8, 4) is 11.5 Å². The van der Waals surface area contributed by atoms with Crippen LogP contribution in [0.3, 0.4) is 0 Å². The lowest BCUT2D eigenvalue weighted by atomic mass is 9.86. The highest BCUT2D eigenvalue weighted by Crippen LogP contribution is 2.30. The second-order valence-corrected chi connectivity index (χ2v) is 7.10. The molecule has 1 aliphatic carbocycles. The molecular formula is C19H30N2O3. The van der Waals surface area contributed by atoms with Crippen molar-refractivity contribution in [1.82, 2.24) is 9.80 Å². The molecule has 1 amide bonds. The zero-order valence-electron chi connectivity index (χ0n) is 15.3. The summed E-state index contributed by atoms with van der Waals surface area (Å²) >= 11 is 0. The van der Waals surface area contributed by atoms with Crippen LogP contribution in [0, 0.1) is 5.92 Å². The van der Waals surface area contributed by atoms with E-state index in [1.54, 1.807) is 12.1 Å². The molecule has 0 radical (unpaired) electrons. The predicted octanol–water partition coefficient (Wildman–Crippen LogP) is 2.98. The number of methoxy groups -OCH3 is 1. The third-order valence-electron chi connectivity index (χ3n) is 4.90. The van der Waals surface area contributed by atoms with Crippen LogP contribution in [0.5, 0.6) is 11.5 Å². The minimum absolute atomic E-state index is 0.0229. The van der Waals surface area contributed by atoms with Crippen LogP contribution in [-0.4, -0.2) is 61.2 Å². The Bertz CT molecular complexity index is 552. The second kappa shape index (κ2) is 8.38. The third-order valence-corrected chi connectivity index (χ3v) is 4.90. The van der Waals surface area contributed by atoms with E-state index in [2.05, 4.69) is 11.8 Å². The predicted molar refractivity (Wildman–Crippen MR) is 95.7 cm³/mol. The van der Waals surface area contributed by atoms with E-state index in [0.29, 0.717) is 23.9 Å². The zero-order chi connectivity index (χ0) is 17.7. The van der Waals surface area contributed by atoms with Gasteiger partial charge in [-0.15, -0.1) is 0 Å². The van der Waals surface area contributed by atoms with Gasteiger partial charge < -0.3 is 19.6 Å². The highest BCUT2D eigenvalue weighted by Gasteiger charge is 2.28. The molecule has 0 heterocycles. The highest BCUT2D eigenvalue weighted by atomic mass is 16.5. The fourth-order valence-electron chi connectivity index (χ4n) is 3.29. The molecule has 1 aliphatic rings. The van der Waals surface area contributed by atoms with E-state index in [1.807, 2.05) is 19.0 Å². The van der Waals surface area contributed by atoms with Crippen molar-refractivity contribution < 1.29 is 14.6 Å². The van der Waals surface area contributed by atoms with Gasteiger partial charge in [0, 0.05) is 24.7 Å². The first kappa shape index (κ1) is 18.6. The number of phenolic OH excluding ortho intramolecular Hbond substituents is 1. The lowest BCUT2D eigenvalue weighted by Gasteiger charge is -2.37. The summed E-state index contributed by atoms with van der Waals surface area (Å²) < 4.78 is 5.14. The molecule has 0 unspecified atom stereocenters. The van der Waals surface area contributed by atoms with Crippen LogP contribution < -0.4 is 4.74 Å². The molecule has 2 rings (SSSR count). The van der Waals surface area contributed by atoms with Gasteiger partial charge in [0.25, 0.3) is 5.91 Å². The highest BCUT2D eigenvalue weighted by molar-refractivity contribution is 5.95. The van der Waals surface area contributed by atoms with Crippen molar-refractivity contribution in [1.29, 1.82) is 0 Å². The average Bonchev–Trinajstić information content (AvgIpc) is 2.56. The van der Waals surface area contributed by atoms with Gasteiger partial charge in [-0.3, -0.25) is 4.79 Å². The van der Waals surface area contributed by atoms with Crippen molar-refractivity contribution in [2.24, 2.45) is 5.92 Å². The number of nitrogens with zero attached hydrogens (tertiary/aromatic N) is 2. The number of rotatable bonds is 6. The number of likely N-dealkylation sites (N-methyl/N-ethyl adjacent to an activating group) is 1. The summed E-state index contributed by atoms with van der Waals surface area (Å²) in [5.74, 6) is 1.17. The molecule has 1 saturated carbocycles. The van der Waals surface area contributed by atoms with Crippen molar-refractivity contribution in [2.45, 2.75) is 38.6 Å². The Morgan fingerprint density at radius 2 is 1.88 bits per heavy atom. The summed E-state index contributed by atoms with van der Waals surface area (Å²) in [6, 6.07) is 5.13. The molecule has 0 aromatic heterocycles. The summed E-state index contributed by atoms with van der Waals surface area (Å²) in [4.78, 5) is 17.2. The van der Waals surface area contributed by atoms with Gasteiger partial charge in [-0.2, -0.15) is 0 Å². The number of hydrogen-bond acceptors (Lipinski definition) is 4. The Labute approximate surface area is 145 Å². The molecule has 0 bridgehead atoms. The SMILES string of the molecule is COc1cc(C(=O)N(CCN(C)C)C2CCC(C)CC2)ccc1O. The molecule has 1 N–H and O–H groups in total. The normalized spacial score (nSPS) is 20.9. The van der Waals surface area contributed by atoms with Crippen molar-refractivity contribution in [3.63, 3.8) is 0 Å². The van der Waals surface area contributed by atoms with Gasteiger partial charge in [0.15, 0.2) is 11.5 Å². The Balaban J connectivity index is 2.20. The van der Waals surface area contributed by atoms with E-state index in [9.17, 15) is 9.90 Å². The quantitative estimate of drug-likeness (QED) is 0.869. The van der Waals surface area contributed by atoms with Crippen LogP contribution in [0.25, 0.3) is 0 Å². The van der Waals surface area contributed by atoms with Crippen LogP contribution >= 0.6 is 0 Å². The Morgan fingerprint density at radius 1 is 1.21 bits per heavy atom. The molecule has 5 nitrogen and oxygen atoms in total. The van der Waals surface area contributed by atoms with E-state index in [4.69, 9.17) is 4.74 Å². The molecule has 5 heteroatoms. The molecule has 134 valence electrons. The van der Waals surface area contributed by atoms with Crippen LogP contribution in [-0.2, 0) is 0 Å². The maximum atomic E-state index is 13.1. The van der Waals surface area contributed by atoms with Crippen molar-refractivity contribution >= 4 is 5.91 Å². The number of phenols is 1. The molecule has 1 fully saturated rings. The van der Waals surface area contributed by atoms with Gasteiger partial charge >= 0.3 is 0 Å². The number of carbonyl (C=O) groups is 1. The maximum Gasteiger partial charge on any atom is 0.254 e. The smallest absolute Gasteiger partial charge is 0.254 e. The fourth-order valence-corrected chi connectivity index (χ4v) is 3.29. The number of benzene rings is 1. The van der Waals surface area contributed by atoms with E-state index in [-0.39, 0.29) is 11.7 Å². The van der Waals surface area contributed by atoms with Crippen LogP contribution in [0.2, 0.25) is 0 Å². The first-order valence-electron chi connectivity index (χ1n) is 8.75. The molecule has 0 aliphatic heterocycles. The topological polar surface area (TPSA) is 53.0 Å². The standard InChI is InChI=1S/C19H30N2O3/c1-14-5-8-16(9-6-14)21(12-11-20(2)3)19(23)15-7-10-17(22)18(13-15)24-4/h7,10,13-14,16,22H,5-6,8-9,11-12H2,1-4H3. The van der Waals surface area contributed by atoms with E-state index in [0.717, 1.165) is 25.3 Å². The van der Waals surface area contributed by atoms with Crippen molar-refractivity contribution in [3.05, 3.63) is 23.8 Å². The number of ether oxygens (including phenoxy) is 1. The minimum Gasteiger partial charge on any atom is -0.504 e. The van der Waals surface area contributed by atoms with E-state index >= 15 is 0 Å². The molecule has 1 aromatic rings. The van der Waals surface area contributed by atoms with E-state index < -0.39 is 0 Å². The monoisotopic (exact) mass is 334 g/mol. The van der Waals surface area contributed by atoms with E-state index in [1.165, 1.54) is 26.0 Å². The van der Waals surface area contributed by atoms with Gasteiger partial charge in [0.05, 0.1) is 7.11 Å². The summed E-state index contributed by atoms with van der Waals surface area (Å²) in [5, 5.41) is 9.75. The Morgan fingerprint density at radius 3 is 2.46 bits per heavy atom. The number of carbonyl (C=O) groups excluding carboxylic acids is 1. The van der Waals surface area contributed by atoms with Crippen LogP contribution in [0.1, 0.15) is 43.0 Å². The first-order valence-corrected chi connectivity index (χ1v) is 8.75. The fraction of sp³-hybridized carbons (Fsp3) is 0.632. The molecule has 0 spiro atoms. The van der Waals surface area contributed by atoms with Gasteiger partial charge in [0.2, 0.25) is 0 Å². The van der Waals surface area contributed by atoms with Crippen LogP contribution in [0.15, 0.2) is 18.2 Å². The Kier molecular flexibility index (Phi) is 6.49. The lowest BCUT2D eigenvalue weighted by molar-refractivity contribution is 0.0597. The summed E-state index contributed by atoms with van der Waals surface area (Å²) in [5.41, 5.74) is 0.571. The van der Waals surface area contributed by atoms with Gasteiger partial charge in [-0.05, 0) is 63.9 Å². The summed E-state index contributed by atoms with van der Waals surface area (Å²) in [7, 11) is 5.54. The lowest BCUT2D eigenvalue weighted by Crippen LogP contribution is -2.45. The number of aromatic hydroxyl groups is 1. The second-order valence-electron chi connectivity index (χ2n) is 7.10. The van der Waals surface area contributed by atoms with Crippen molar-refractivity contribution in [2.75, 3.05) is 34.3 Å². The number of hydrogen-bond donors (Lipinski definition) is 1. The van der Waals surface area contributed by atoms with Gasteiger partial charge in [-0.25, -0.2) is 0 Å². The van der Waals surface area contributed by atoms with Gasteiger partial charge in [-0.1, -0.05) is 6.92 Å². The zero-order valence-corrected chi connectivity index (χ0v) is 15.3. The molecular weight excluding hydrogens is 304 g/mol.